The fourth-order valence-electron chi connectivity index (χ4n) is 1.73. The molecule has 0 radical (unpaired) electrons. The molecule has 96 valence electrons. The summed E-state index contributed by atoms with van der Waals surface area (Å²) in [6, 6.07) is 7.68. The summed E-state index contributed by atoms with van der Waals surface area (Å²) in [6.07, 6.45) is 2.13. The topological polar surface area (TPSA) is 44.8 Å². The molecule has 1 aromatic rings. The van der Waals surface area contributed by atoms with Crippen molar-refractivity contribution in [2.45, 2.75) is 13.3 Å². The predicted octanol–water partition coefficient (Wildman–Crippen LogP) is 2.39. The second-order valence-electron chi connectivity index (χ2n) is 3.78. The van der Waals surface area contributed by atoms with Gasteiger partial charge in [-0.05, 0) is 25.1 Å². The third-order valence-corrected chi connectivity index (χ3v) is 2.53. The van der Waals surface area contributed by atoms with Crippen LogP contribution in [-0.2, 0) is 14.3 Å². The molecule has 0 unspecified atom stereocenters. The van der Waals surface area contributed by atoms with Crippen molar-refractivity contribution in [3.8, 4) is 5.75 Å². The van der Waals surface area contributed by atoms with Gasteiger partial charge in [0.2, 0.25) is 0 Å². The minimum Gasteiger partial charge on any atom is -0.492 e. The lowest BCUT2D eigenvalue weighted by molar-refractivity contribution is -0.143. The molecule has 1 aromatic carbocycles. The maximum atomic E-state index is 11.2. The molecule has 4 heteroatoms. The number of carbonyl (C=O) groups is 1. The molecule has 0 atom stereocenters. The highest BCUT2D eigenvalue weighted by Gasteiger charge is 2.14. The molecule has 0 amide bonds. The number of benzene rings is 1. The van der Waals surface area contributed by atoms with Crippen LogP contribution in [0.1, 0.15) is 18.9 Å². The van der Waals surface area contributed by atoms with E-state index in [0.717, 1.165) is 17.1 Å². The van der Waals surface area contributed by atoms with Crippen LogP contribution in [0.3, 0.4) is 0 Å². The van der Waals surface area contributed by atoms with Gasteiger partial charge in [0.05, 0.1) is 25.2 Å². The van der Waals surface area contributed by atoms with Gasteiger partial charge < -0.3 is 14.2 Å². The van der Waals surface area contributed by atoms with Crippen molar-refractivity contribution in [1.82, 2.24) is 0 Å². The van der Waals surface area contributed by atoms with Crippen LogP contribution in [0.15, 0.2) is 30.3 Å². The molecule has 0 fully saturated rings. The lowest BCUT2D eigenvalue weighted by Crippen LogP contribution is -2.10. The first-order chi connectivity index (χ1) is 8.81. The Labute approximate surface area is 106 Å². The molecule has 4 nitrogen and oxygen atoms in total. The number of ether oxygens (including phenoxy) is 3. The SMILES string of the molecule is CCOC(=O)CCOC1=CCOc2ccccc21. The zero-order valence-corrected chi connectivity index (χ0v) is 10.3. The molecule has 18 heavy (non-hydrogen) atoms. The maximum Gasteiger partial charge on any atom is 0.309 e. The lowest BCUT2D eigenvalue weighted by Gasteiger charge is -2.18. The molecule has 0 aromatic heterocycles. The minimum absolute atomic E-state index is 0.238. The van der Waals surface area contributed by atoms with Crippen LogP contribution in [0, 0.1) is 0 Å². The van der Waals surface area contributed by atoms with Gasteiger partial charge in [0.1, 0.15) is 18.1 Å². The third-order valence-electron chi connectivity index (χ3n) is 2.53. The van der Waals surface area contributed by atoms with E-state index in [2.05, 4.69) is 0 Å². The molecule has 1 aliphatic heterocycles. The van der Waals surface area contributed by atoms with E-state index in [1.54, 1.807) is 6.92 Å². The van der Waals surface area contributed by atoms with E-state index in [1.807, 2.05) is 30.3 Å². The van der Waals surface area contributed by atoms with Crippen LogP contribution < -0.4 is 4.74 Å². The van der Waals surface area contributed by atoms with Crippen LogP contribution in [0.5, 0.6) is 5.75 Å². The van der Waals surface area contributed by atoms with E-state index in [1.165, 1.54) is 0 Å². The van der Waals surface area contributed by atoms with Gasteiger partial charge in [-0.1, -0.05) is 12.1 Å². The summed E-state index contributed by atoms with van der Waals surface area (Å²) in [7, 11) is 0. The van der Waals surface area contributed by atoms with Gasteiger partial charge in [-0.3, -0.25) is 4.79 Å². The maximum absolute atomic E-state index is 11.2. The Morgan fingerprint density at radius 2 is 2.22 bits per heavy atom. The molecular weight excluding hydrogens is 232 g/mol. The lowest BCUT2D eigenvalue weighted by atomic mass is 10.1. The first-order valence-corrected chi connectivity index (χ1v) is 6.02. The van der Waals surface area contributed by atoms with Gasteiger partial charge >= 0.3 is 5.97 Å². The van der Waals surface area contributed by atoms with E-state index in [9.17, 15) is 4.79 Å². The van der Waals surface area contributed by atoms with Gasteiger partial charge in [0.15, 0.2) is 0 Å². The van der Waals surface area contributed by atoms with Gasteiger partial charge in [-0.15, -0.1) is 0 Å². The third kappa shape index (κ3) is 3.03. The van der Waals surface area contributed by atoms with Crippen LogP contribution in [-0.4, -0.2) is 25.8 Å². The van der Waals surface area contributed by atoms with Crippen molar-refractivity contribution in [3.63, 3.8) is 0 Å². The first kappa shape index (κ1) is 12.5. The number of hydrogen-bond donors (Lipinski definition) is 0. The Kier molecular flexibility index (Phi) is 4.23. The number of para-hydroxylation sites is 1. The number of fused-ring (bicyclic) bond motifs is 1. The summed E-state index contributed by atoms with van der Waals surface area (Å²) in [4.78, 5) is 11.2. The van der Waals surface area contributed by atoms with Gasteiger partial charge in [-0.2, -0.15) is 0 Å². The zero-order valence-electron chi connectivity index (χ0n) is 10.3. The van der Waals surface area contributed by atoms with E-state index < -0.39 is 0 Å². The van der Waals surface area contributed by atoms with Crippen LogP contribution >= 0.6 is 0 Å². The molecule has 0 N–H and O–H groups in total. The molecule has 1 heterocycles. The second-order valence-corrected chi connectivity index (χ2v) is 3.78. The normalized spacial score (nSPS) is 13.1. The highest BCUT2D eigenvalue weighted by Crippen LogP contribution is 2.29. The van der Waals surface area contributed by atoms with Crippen molar-refractivity contribution < 1.29 is 19.0 Å². The Bertz CT molecular complexity index is 451. The summed E-state index contributed by atoms with van der Waals surface area (Å²) in [5.41, 5.74) is 0.924. The summed E-state index contributed by atoms with van der Waals surface area (Å²) < 4.78 is 15.9. The highest BCUT2D eigenvalue weighted by atomic mass is 16.5. The van der Waals surface area contributed by atoms with Crippen LogP contribution in [0.25, 0.3) is 5.76 Å². The average Bonchev–Trinajstić information content (AvgIpc) is 2.39. The van der Waals surface area contributed by atoms with Crippen molar-refractivity contribution in [3.05, 3.63) is 35.9 Å². The minimum atomic E-state index is -0.238. The number of carbonyl (C=O) groups excluding carboxylic acids is 1. The van der Waals surface area contributed by atoms with Crippen LogP contribution in [0.4, 0.5) is 0 Å². The molecule has 0 bridgehead atoms. The number of hydrogen-bond acceptors (Lipinski definition) is 4. The molecular formula is C14H16O4. The number of esters is 1. The number of rotatable bonds is 5. The van der Waals surface area contributed by atoms with Crippen LogP contribution in [0.2, 0.25) is 0 Å². The van der Waals surface area contributed by atoms with E-state index in [-0.39, 0.29) is 12.4 Å². The van der Waals surface area contributed by atoms with E-state index in [4.69, 9.17) is 14.2 Å². The molecule has 0 saturated heterocycles. The van der Waals surface area contributed by atoms with Gasteiger partial charge in [0.25, 0.3) is 0 Å². The molecule has 1 aliphatic rings. The van der Waals surface area contributed by atoms with Crippen molar-refractivity contribution in [2.75, 3.05) is 19.8 Å². The van der Waals surface area contributed by atoms with E-state index >= 15 is 0 Å². The molecule has 0 aliphatic carbocycles. The quantitative estimate of drug-likeness (QED) is 0.750. The Morgan fingerprint density at radius 1 is 1.39 bits per heavy atom. The molecule has 0 spiro atoms. The van der Waals surface area contributed by atoms with E-state index in [0.29, 0.717) is 19.8 Å². The summed E-state index contributed by atoms with van der Waals surface area (Å²) in [6.45, 7) is 3.00. The highest BCUT2D eigenvalue weighted by molar-refractivity contribution is 5.70. The predicted molar refractivity (Wildman–Crippen MR) is 67.1 cm³/mol. The smallest absolute Gasteiger partial charge is 0.309 e. The standard InChI is InChI=1S/C14H16O4/c1-2-16-14(15)8-10-18-13-7-9-17-12-6-4-3-5-11(12)13/h3-7H,2,8-10H2,1H3. The Morgan fingerprint density at radius 3 is 3.06 bits per heavy atom. The monoisotopic (exact) mass is 248 g/mol. The Hall–Kier alpha value is -1.97. The van der Waals surface area contributed by atoms with Crippen molar-refractivity contribution in [1.29, 1.82) is 0 Å². The summed E-state index contributed by atoms with van der Waals surface area (Å²) >= 11 is 0. The Balaban J connectivity index is 1.90. The summed E-state index contributed by atoms with van der Waals surface area (Å²) in [5.74, 6) is 1.34. The van der Waals surface area contributed by atoms with Gasteiger partial charge in [0, 0.05) is 0 Å². The second kappa shape index (κ2) is 6.10. The first-order valence-electron chi connectivity index (χ1n) is 6.02. The average molecular weight is 248 g/mol. The van der Waals surface area contributed by atoms with Crippen molar-refractivity contribution in [2.24, 2.45) is 0 Å². The summed E-state index contributed by atoms with van der Waals surface area (Å²) in [5, 5.41) is 0. The fourth-order valence-corrected chi connectivity index (χ4v) is 1.73. The molecule has 2 rings (SSSR count). The largest absolute Gasteiger partial charge is 0.492 e. The van der Waals surface area contributed by atoms with Gasteiger partial charge in [-0.25, -0.2) is 0 Å². The zero-order chi connectivity index (χ0) is 12.8. The van der Waals surface area contributed by atoms with Crippen molar-refractivity contribution >= 4 is 11.7 Å². The molecule has 0 saturated carbocycles. The fraction of sp³-hybridized carbons (Fsp3) is 0.357.